The predicted molar refractivity (Wildman–Crippen MR) is 225 cm³/mol. The molecule has 0 amide bonds. The summed E-state index contributed by atoms with van der Waals surface area (Å²) >= 11 is 0. The van der Waals surface area contributed by atoms with Gasteiger partial charge in [0, 0.05) is 16.7 Å². The zero-order valence-corrected chi connectivity index (χ0v) is 29.7. The van der Waals surface area contributed by atoms with E-state index in [0.29, 0.717) is 17.5 Å². The number of nitrogens with zero attached hydrogens (tertiary/aromatic N) is 3. The smallest absolute Gasteiger partial charge is 0.164 e. The molecular formula is C52H31N3. The lowest BCUT2D eigenvalue weighted by atomic mass is 9.69. The Morgan fingerprint density at radius 1 is 0.291 bits per heavy atom. The van der Waals surface area contributed by atoms with Crippen molar-refractivity contribution in [2.75, 3.05) is 0 Å². The van der Waals surface area contributed by atoms with Crippen molar-refractivity contribution >= 4 is 32.3 Å². The maximum Gasteiger partial charge on any atom is 0.164 e. The van der Waals surface area contributed by atoms with Crippen LogP contribution >= 0.6 is 0 Å². The summed E-state index contributed by atoms with van der Waals surface area (Å²) in [6.07, 6.45) is 0. The summed E-state index contributed by atoms with van der Waals surface area (Å²) in [5, 5.41) is 7.12. The lowest BCUT2D eigenvalue weighted by Crippen LogP contribution is -2.26. The van der Waals surface area contributed by atoms with Crippen LogP contribution in [0, 0.1) is 0 Å². The van der Waals surface area contributed by atoms with Gasteiger partial charge >= 0.3 is 0 Å². The van der Waals surface area contributed by atoms with E-state index in [1.165, 1.54) is 71.4 Å². The van der Waals surface area contributed by atoms with E-state index in [9.17, 15) is 0 Å². The van der Waals surface area contributed by atoms with E-state index in [-0.39, 0.29) is 0 Å². The third-order valence-electron chi connectivity index (χ3n) is 11.9. The van der Waals surface area contributed by atoms with Crippen molar-refractivity contribution in [2.45, 2.75) is 5.41 Å². The molecule has 55 heavy (non-hydrogen) atoms. The molecule has 3 nitrogen and oxygen atoms in total. The van der Waals surface area contributed by atoms with Crippen LogP contribution in [0.15, 0.2) is 188 Å². The van der Waals surface area contributed by atoms with Gasteiger partial charge in [-0.05, 0) is 82.9 Å². The average molecular weight is 698 g/mol. The van der Waals surface area contributed by atoms with Crippen LogP contribution in [-0.4, -0.2) is 15.0 Å². The number of benzene rings is 9. The molecule has 1 spiro atoms. The monoisotopic (exact) mass is 697 g/mol. The molecule has 2 aliphatic rings. The summed E-state index contributed by atoms with van der Waals surface area (Å²) in [7, 11) is 0. The van der Waals surface area contributed by atoms with Crippen LogP contribution in [0.5, 0.6) is 0 Å². The van der Waals surface area contributed by atoms with Gasteiger partial charge in [0.2, 0.25) is 0 Å². The van der Waals surface area contributed by atoms with Gasteiger partial charge in [0.05, 0.1) is 5.41 Å². The summed E-state index contributed by atoms with van der Waals surface area (Å²) in [4.78, 5) is 15.7. The second-order valence-corrected chi connectivity index (χ2v) is 14.7. The van der Waals surface area contributed by atoms with Gasteiger partial charge in [-0.25, -0.2) is 15.0 Å². The van der Waals surface area contributed by atoms with Gasteiger partial charge in [0.25, 0.3) is 0 Å². The summed E-state index contributed by atoms with van der Waals surface area (Å²) in [5.41, 5.74) is 12.9. The van der Waals surface area contributed by atoms with Crippen molar-refractivity contribution < 1.29 is 0 Å². The normalized spacial score (nSPS) is 13.2. The third-order valence-corrected chi connectivity index (χ3v) is 11.9. The Labute approximate surface area is 318 Å². The van der Waals surface area contributed by atoms with Crippen molar-refractivity contribution in [1.29, 1.82) is 0 Å². The van der Waals surface area contributed by atoms with Crippen LogP contribution in [0.25, 0.3) is 88.7 Å². The van der Waals surface area contributed by atoms with Crippen molar-refractivity contribution in [1.82, 2.24) is 15.0 Å². The molecule has 0 N–H and O–H groups in total. The second kappa shape index (κ2) is 11.4. The molecule has 254 valence electrons. The number of rotatable bonds is 3. The van der Waals surface area contributed by atoms with Crippen LogP contribution in [0.1, 0.15) is 22.3 Å². The number of aromatic nitrogens is 3. The van der Waals surface area contributed by atoms with Crippen molar-refractivity contribution in [3.05, 3.63) is 210 Å². The van der Waals surface area contributed by atoms with E-state index >= 15 is 0 Å². The minimum Gasteiger partial charge on any atom is -0.208 e. The lowest BCUT2D eigenvalue weighted by molar-refractivity contribution is 0.801. The molecule has 3 heteroatoms. The van der Waals surface area contributed by atoms with E-state index in [1.54, 1.807) is 0 Å². The number of hydrogen-bond donors (Lipinski definition) is 0. The molecule has 0 bridgehead atoms. The van der Waals surface area contributed by atoms with Crippen LogP contribution in [0.2, 0.25) is 0 Å². The van der Waals surface area contributed by atoms with Crippen molar-refractivity contribution in [2.24, 2.45) is 0 Å². The van der Waals surface area contributed by atoms with Gasteiger partial charge in [-0.3, -0.25) is 0 Å². The molecule has 2 aliphatic carbocycles. The Kier molecular flexibility index (Phi) is 6.26. The molecule has 9 aromatic carbocycles. The molecule has 0 saturated carbocycles. The van der Waals surface area contributed by atoms with Crippen LogP contribution in [-0.2, 0) is 5.41 Å². The topological polar surface area (TPSA) is 38.7 Å². The quantitative estimate of drug-likeness (QED) is 0.173. The summed E-state index contributed by atoms with van der Waals surface area (Å²) in [5.74, 6) is 1.96. The SMILES string of the molecule is c1ccc(-c2nc(-c3ccc4ccc5ccccc5c4c3)nc(-c3cccc4c5c(ccc34)-c3ccccc3C53c4ccccc4-c4ccccc43)n2)cc1. The average Bonchev–Trinajstić information content (AvgIpc) is 3.74. The van der Waals surface area contributed by atoms with Crippen LogP contribution in [0.4, 0.5) is 0 Å². The highest BCUT2D eigenvalue weighted by Gasteiger charge is 2.52. The van der Waals surface area contributed by atoms with E-state index in [2.05, 4.69) is 170 Å². The fourth-order valence-electron chi connectivity index (χ4n) is 9.64. The highest BCUT2D eigenvalue weighted by Crippen LogP contribution is 2.64. The molecule has 0 aliphatic heterocycles. The Morgan fingerprint density at radius 3 is 1.55 bits per heavy atom. The summed E-state index contributed by atoms with van der Waals surface area (Å²) < 4.78 is 0. The van der Waals surface area contributed by atoms with Crippen molar-refractivity contribution in [3.8, 4) is 56.4 Å². The number of hydrogen-bond acceptors (Lipinski definition) is 3. The highest BCUT2D eigenvalue weighted by molar-refractivity contribution is 6.09. The second-order valence-electron chi connectivity index (χ2n) is 14.7. The molecule has 12 rings (SSSR count). The van der Waals surface area contributed by atoms with E-state index in [4.69, 9.17) is 15.0 Å². The van der Waals surface area contributed by atoms with Crippen LogP contribution < -0.4 is 0 Å². The maximum absolute atomic E-state index is 5.31. The molecule has 0 fully saturated rings. The lowest BCUT2D eigenvalue weighted by Gasteiger charge is -2.31. The first-order valence-corrected chi connectivity index (χ1v) is 18.9. The Balaban J connectivity index is 1.13. The van der Waals surface area contributed by atoms with Gasteiger partial charge in [-0.1, -0.05) is 182 Å². The van der Waals surface area contributed by atoms with Gasteiger partial charge in [0.15, 0.2) is 17.5 Å². The molecule has 0 radical (unpaired) electrons. The fraction of sp³-hybridized carbons (Fsp3) is 0.0192. The third kappa shape index (κ3) is 4.18. The van der Waals surface area contributed by atoms with Gasteiger partial charge in [-0.2, -0.15) is 0 Å². The van der Waals surface area contributed by atoms with Gasteiger partial charge in [-0.15, -0.1) is 0 Å². The summed E-state index contributed by atoms with van der Waals surface area (Å²) in [6, 6.07) is 67.9. The first-order chi connectivity index (χ1) is 27.3. The molecule has 1 heterocycles. The fourth-order valence-corrected chi connectivity index (χ4v) is 9.64. The van der Waals surface area contributed by atoms with Crippen LogP contribution in [0.3, 0.4) is 0 Å². The van der Waals surface area contributed by atoms with E-state index in [0.717, 1.165) is 22.1 Å². The minimum absolute atomic E-state index is 0.454. The van der Waals surface area contributed by atoms with E-state index in [1.807, 2.05) is 18.2 Å². The molecule has 10 aromatic rings. The molecule has 0 unspecified atom stereocenters. The number of fused-ring (bicyclic) bond motifs is 15. The van der Waals surface area contributed by atoms with Gasteiger partial charge < -0.3 is 0 Å². The first-order valence-electron chi connectivity index (χ1n) is 18.9. The Hall–Kier alpha value is -7.23. The largest absolute Gasteiger partial charge is 0.208 e. The zero-order valence-electron chi connectivity index (χ0n) is 29.7. The standard InChI is InChI=1S/C52H31N3/c1-2-14-34(15-3-1)49-53-50(35-28-27-33-26-25-32-13-4-5-16-36(32)44(33)31-35)55-51(54-49)43-21-12-20-41-37(43)29-30-42-40-19-8-11-24-47(40)52(48(41)42)45-22-9-6-17-38(45)39-18-7-10-23-46(39)52/h1-31H. The molecular weight excluding hydrogens is 667 g/mol. The molecule has 0 atom stereocenters. The summed E-state index contributed by atoms with van der Waals surface area (Å²) in [6.45, 7) is 0. The highest BCUT2D eigenvalue weighted by atomic mass is 15.0. The maximum atomic E-state index is 5.31. The van der Waals surface area contributed by atoms with Crippen molar-refractivity contribution in [3.63, 3.8) is 0 Å². The van der Waals surface area contributed by atoms with Gasteiger partial charge in [0.1, 0.15) is 0 Å². The Morgan fingerprint density at radius 2 is 0.818 bits per heavy atom. The first kappa shape index (κ1) is 30.3. The minimum atomic E-state index is -0.454. The van der Waals surface area contributed by atoms with E-state index < -0.39 is 5.41 Å². The molecule has 0 saturated heterocycles. The Bertz CT molecular complexity index is 3150. The molecule has 1 aromatic heterocycles. The zero-order chi connectivity index (χ0) is 36.1. The predicted octanol–water partition coefficient (Wildman–Crippen LogP) is 12.7.